The fourth-order valence-corrected chi connectivity index (χ4v) is 6.71. The van der Waals surface area contributed by atoms with Gasteiger partial charge in [-0.25, -0.2) is 4.79 Å². The minimum Gasteiger partial charge on any atom is -0.493 e. The van der Waals surface area contributed by atoms with Crippen LogP contribution in [0.15, 0.2) is 24.0 Å². The van der Waals surface area contributed by atoms with Crippen molar-refractivity contribution in [3.8, 4) is 11.5 Å². The molecule has 1 spiro atoms. The number of esters is 3. The lowest BCUT2D eigenvalue weighted by atomic mass is 9.50. The molecule has 1 fully saturated rings. The Kier molecular flexibility index (Phi) is 7.37. The molecule has 0 radical (unpaired) electrons. The molecule has 1 saturated heterocycles. The molecular weight excluding hydrogens is 506 g/mol. The Morgan fingerprint density at radius 2 is 2.00 bits per heavy atom. The number of unbranched alkanes of at least 4 members (excludes halogenated alkanes) is 1. The highest BCUT2D eigenvalue weighted by atomic mass is 16.6. The van der Waals surface area contributed by atoms with Crippen molar-refractivity contribution in [3.63, 3.8) is 0 Å². The van der Waals surface area contributed by atoms with Crippen molar-refractivity contribution in [1.29, 1.82) is 0 Å². The van der Waals surface area contributed by atoms with Crippen LogP contribution in [0.5, 0.6) is 11.5 Å². The number of methoxy groups -OCH3 is 1. The van der Waals surface area contributed by atoms with Crippen LogP contribution in [0.3, 0.4) is 0 Å². The Hall–Kier alpha value is -3.11. The van der Waals surface area contributed by atoms with E-state index in [0.29, 0.717) is 36.5 Å². The Bertz CT molecular complexity index is 1200. The number of piperidine rings is 1. The average molecular weight is 544 g/mol. The van der Waals surface area contributed by atoms with Crippen LogP contribution in [-0.4, -0.2) is 79.1 Å². The third-order valence-corrected chi connectivity index (χ3v) is 8.71. The summed E-state index contributed by atoms with van der Waals surface area (Å²) in [6, 6.07) is 3.81. The van der Waals surface area contributed by atoms with Gasteiger partial charge < -0.3 is 33.7 Å². The highest BCUT2D eigenvalue weighted by Crippen LogP contribution is 2.65. The summed E-state index contributed by atoms with van der Waals surface area (Å²) in [4.78, 5) is 39.2. The number of rotatable bonds is 10. The first-order chi connectivity index (χ1) is 18.7. The normalized spacial score (nSPS) is 28.9. The highest BCUT2D eigenvalue weighted by Gasteiger charge is 2.72. The first-order valence-electron chi connectivity index (χ1n) is 13.7. The number of aliphatic hydroxyl groups is 1. The minimum absolute atomic E-state index is 0.108. The summed E-state index contributed by atoms with van der Waals surface area (Å²) in [6.07, 6.45) is 2.74. The van der Waals surface area contributed by atoms with E-state index in [0.717, 1.165) is 30.5 Å². The molecule has 2 aliphatic heterocycles. The number of nitrogens with zero attached hydrogens (tertiary/aromatic N) is 1. The molecule has 10 heteroatoms. The number of hydrogen-bond donors (Lipinski definition) is 1. The van der Waals surface area contributed by atoms with Crippen molar-refractivity contribution in [2.45, 2.75) is 88.1 Å². The summed E-state index contributed by atoms with van der Waals surface area (Å²) in [5.74, 6) is -0.427. The van der Waals surface area contributed by atoms with Crippen LogP contribution < -0.4 is 9.47 Å². The Morgan fingerprint density at radius 3 is 2.74 bits per heavy atom. The lowest BCUT2D eigenvalue weighted by Crippen LogP contribution is -2.74. The summed E-state index contributed by atoms with van der Waals surface area (Å²) in [5.41, 5.74) is 0.172. The van der Waals surface area contributed by atoms with Crippen molar-refractivity contribution in [3.05, 3.63) is 35.1 Å². The summed E-state index contributed by atoms with van der Waals surface area (Å²) in [7, 11) is 3.61. The van der Waals surface area contributed by atoms with Gasteiger partial charge in [-0.1, -0.05) is 19.4 Å². The van der Waals surface area contributed by atoms with Crippen LogP contribution in [0.25, 0.3) is 0 Å². The fourth-order valence-electron chi connectivity index (χ4n) is 6.71. The Labute approximate surface area is 228 Å². The maximum atomic E-state index is 12.8. The third-order valence-electron chi connectivity index (χ3n) is 8.71. The van der Waals surface area contributed by atoms with Gasteiger partial charge in [0.15, 0.2) is 23.7 Å². The number of carbonyl (C=O) groups excluding carboxylic acids is 3. The number of carbonyl (C=O) groups is 3. The van der Waals surface area contributed by atoms with Crippen LogP contribution in [0.2, 0.25) is 0 Å². The molecule has 5 rings (SSSR count). The molecule has 1 aromatic rings. The van der Waals surface area contributed by atoms with E-state index in [1.165, 1.54) is 6.92 Å². The fraction of sp³-hybridized carbons (Fsp3) is 0.621. The SMILES string of the molecule is CCCCOC(=O)[C@H](C)OC(=O)CCC(=O)OC1=CC[C@@]2(O)[C@H]3Cc4ccc(OC)c5c4[C@@]2(CCN3C)[C@H]1O5. The monoisotopic (exact) mass is 543 g/mol. The van der Waals surface area contributed by atoms with Crippen LogP contribution >= 0.6 is 0 Å². The van der Waals surface area contributed by atoms with Gasteiger partial charge in [0.2, 0.25) is 0 Å². The number of likely N-dealkylation sites (tertiary alicyclic amines) is 1. The van der Waals surface area contributed by atoms with Gasteiger partial charge in [0.1, 0.15) is 5.76 Å². The van der Waals surface area contributed by atoms with E-state index in [-0.39, 0.29) is 25.5 Å². The number of benzene rings is 1. The Morgan fingerprint density at radius 1 is 1.23 bits per heavy atom. The maximum absolute atomic E-state index is 12.8. The van der Waals surface area contributed by atoms with Crippen molar-refractivity contribution < 1.29 is 43.2 Å². The molecule has 4 aliphatic rings. The zero-order valence-electron chi connectivity index (χ0n) is 23.0. The first kappa shape index (κ1) is 27.5. The first-order valence-corrected chi connectivity index (χ1v) is 13.7. The number of hydrogen-bond acceptors (Lipinski definition) is 10. The molecule has 10 nitrogen and oxygen atoms in total. The lowest BCUT2D eigenvalue weighted by Gasteiger charge is -2.61. The highest BCUT2D eigenvalue weighted by molar-refractivity contribution is 5.81. The van der Waals surface area contributed by atoms with E-state index in [9.17, 15) is 19.5 Å². The van der Waals surface area contributed by atoms with Crippen molar-refractivity contribution in [1.82, 2.24) is 4.90 Å². The second-order valence-electron chi connectivity index (χ2n) is 10.9. The quantitative estimate of drug-likeness (QED) is 0.268. The zero-order chi connectivity index (χ0) is 27.9. The molecule has 5 atom stereocenters. The van der Waals surface area contributed by atoms with E-state index >= 15 is 0 Å². The van der Waals surface area contributed by atoms with Gasteiger partial charge in [-0.15, -0.1) is 0 Å². The minimum atomic E-state index is -1.10. The van der Waals surface area contributed by atoms with Crippen LogP contribution in [-0.2, 0) is 40.4 Å². The van der Waals surface area contributed by atoms with Gasteiger partial charge in [0.05, 0.1) is 37.6 Å². The molecule has 2 heterocycles. The van der Waals surface area contributed by atoms with Crippen molar-refractivity contribution in [2.75, 3.05) is 27.3 Å². The summed E-state index contributed by atoms with van der Waals surface area (Å²) in [5, 5.41) is 12.2. The van der Waals surface area contributed by atoms with E-state index < -0.39 is 41.1 Å². The van der Waals surface area contributed by atoms with Gasteiger partial charge in [0, 0.05) is 18.0 Å². The van der Waals surface area contributed by atoms with E-state index in [1.807, 2.05) is 26.1 Å². The topological polar surface area (TPSA) is 121 Å². The molecule has 0 unspecified atom stereocenters. The van der Waals surface area contributed by atoms with E-state index in [2.05, 4.69) is 4.90 Å². The molecule has 0 aromatic heterocycles. The second kappa shape index (κ2) is 10.5. The lowest BCUT2D eigenvalue weighted by molar-refractivity contribution is -0.170. The van der Waals surface area contributed by atoms with Gasteiger partial charge in [0.25, 0.3) is 0 Å². The smallest absolute Gasteiger partial charge is 0.347 e. The maximum Gasteiger partial charge on any atom is 0.347 e. The van der Waals surface area contributed by atoms with Gasteiger partial charge in [-0.05, 0) is 57.5 Å². The molecule has 0 amide bonds. The largest absolute Gasteiger partial charge is 0.493 e. The summed E-state index contributed by atoms with van der Waals surface area (Å²) in [6.45, 7) is 4.45. The third kappa shape index (κ3) is 4.37. The average Bonchev–Trinajstić information content (AvgIpc) is 3.27. The molecule has 39 heavy (non-hydrogen) atoms. The predicted octanol–water partition coefficient (Wildman–Crippen LogP) is 2.57. The van der Waals surface area contributed by atoms with Gasteiger partial charge in [-0.3, -0.25) is 9.59 Å². The molecule has 1 aromatic carbocycles. The standard InChI is InChI=1S/C29H37NO9/c1-5-6-15-36-27(33)17(2)37-22(31)9-10-23(32)38-20-11-12-29(34)21-16-18-7-8-19(35-4)25-24(18)28(29,26(20)39-25)13-14-30(21)3/h7-8,11,17,21,26,34H,5-6,9-10,12-16H2,1-4H3/t17-,21+,26-,28-,29+/m0/s1. The summed E-state index contributed by atoms with van der Waals surface area (Å²) < 4.78 is 28.0. The molecule has 2 bridgehead atoms. The Balaban J connectivity index is 1.29. The molecule has 1 N–H and O–H groups in total. The van der Waals surface area contributed by atoms with E-state index in [1.54, 1.807) is 13.2 Å². The van der Waals surface area contributed by atoms with Gasteiger partial charge in [-0.2, -0.15) is 0 Å². The van der Waals surface area contributed by atoms with Crippen LogP contribution in [0.1, 0.15) is 63.5 Å². The second-order valence-corrected chi connectivity index (χ2v) is 10.9. The summed E-state index contributed by atoms with van der Waals surface area (Å²) >= 11 is 0. The van der Waals surface area contributed by atoms with Crippen molar-refractivity contribution >= 4 is 17.9 Å². The number of ether oxygens (including phenoxy) is 5. The predicted molar refractivity (Wildman–Crippen MR) is 138 cm³/mol. The molecular formula is C29H37NO9. The zero-order valence-corrected chi connectivity index (χ0v) is 23.0. The van der Waals surface area contributed by atoms with Crippen LogP contribution in [0, 0.1) is 0 Å². The number of likely N-dealkylation sites (N-methyl/N-ethyl adjacent to an activating group) is 1. The van der Waals surface area contributed by atoms with Crippen LogP contribution in [0.4, 0.5) is 0 Å². The molecule has 212 valence electrons. The van der Waals surface area contributed by atoms with Crippen molar-refractivity contribution in [2.24, 2.45) is 0 Å². The molecule has 2 aliphatic carbocycles. The molecule has 0 saturated carbocycles. The van der Waals surface area contributed by atoms with E-state index in [4.69, 9.17) is 23.7 Å². The van der Waals surface area contributed by atoms with Gasteiger partial charge >= 0.3 is 17.9 Å².